The molecule has 10 heteroatoms. The van der Waals surface area contributed by atoms with Crippen molar-refractivity contribution in [1.29, 1.82) is 0 Å². The molecule has 0 spiro atoms. The number of halogens is 3. The standard InChI is InChI=1S/C23H23Cl2FN6O/c24-17-2-1-3-18(26)16(17)11-31-5-4-19(29-31)28-20(33)22-7-14-6-15(8-22)10-23(9-14,12-22)32-13-27-21(25)30-32/h1-5,13-15H,6-12H2,(H,28,29,33). The Morgan fingerprint density at radius 3 is 2.64 bits per heavy atom. The van der Waals surface area contributed by atoms with Crippen molar-refractivity contribution in [2.24, 2.45) is 17.3 Å². The Morgan fingerprint density at radius 2 is 1.94 bits per heavy atom. The van der Waals surface area contributed by atoms with Gasteiger partial charge >= 0.3 is 0 Å². The summed E-state index contributed by atoms with van der Waals surface area (Å²) in [6.45, 7) is 0.187. The SMILES string of the molecule is O=C(Nc1ccn(Cc2c(F)cccc2Cl)n1)C12CC3CC(C1)CC(n1cnc(Cl)n1)(C3)C2. The van der Waals surface area contributed by atoms with Crippen LogP contribution in [-0.2, 0) is 16.9 Å². The predicted molar refractivity (Wildman–Crippen MR) is 121 cm³/mol. The van der Waals surface area contributed by atoms with Crippen molar-refractivity contribution in [3.8, 4) is 0 Å². The molecule has 2 heterocycles. The molecule has 4 aliphatic rings. The number of amides is 1. The predicted octanol–water partition coefficient (Wildman–Crippen LogP) is 4.90. The Kier molecular flexibility index (Phi) is 4.82. The van der Waals surface area contributed by atoms with E-state index in [1.165, 1.54) is 6.07 Å². The van der Waals surface area contributed by atoms with Crippen molar-refractivity contribution in [3.05, 3.63) is 58.5 Å². The second kappa shape index (κ2) is 7.53. The number of nitrogens with one attached hydrogen (secondary N) is 1. The van der Waals surface area contributed by atoms with Gasteiger partial charge in [-0.1, -0.05) is 17.7 Å². The molecular formula is C23H23Cl2FN6O. The van der Waals surface area contributed by atoms with Crippen LogP contribution in [0.15, 0.2) is 36.8 Å². The van der Waals surface area contributed by atoms with E-state index >= 15 is 0 Å². The van der Waals surface area contributed by atoms with Gasteiger partial charge in [0.1, 0.15) is 12.1 Å². The average Bonchev–Trinajstić information content (AvgIpc) is 3.39. The summed E-state index contributed by atoms with van der Waals surface area (Å²) in [4.78, 5) is 17.7. The van der Waals surface area contributed by atoms with Crippen LogP contribution in [0, 0.1) is 23.1 Å². The molecule has 7 nitrogen and oxygen atoms in total. The highest BCUT2D eigenvalue weighted by atomic mass is 35.5. The fourth-order valence-electron chi connectivity index (χ4n) is 6.83. The summed E-state index contributed by atoms with van der Waals surface area (Å²) in [7, 11) is 0. The summed E-state index contributed by atoms with van der Waals surface area (Å²) in [6.07, 6.45) is 9.09. The minimum absolute atomic E-state index is 0.00126. The molecule has 3 aromatic rings. The van der Waals surface area contributed by atoms with Crippen LogP contribution < -0.4 is 5.32 Å². The van der Waals surface area contributed by atoms with E-state index in [0.29, 0.717) is 28.2 Å². The van der Waals surface area contributed by atoms with Crippen molar-refractivity contribution in [3.63, 3.8) is 0 Å². The molecule has 7 rings (SSSR count). The Hall–Kier alpha value is -2.45. The van der Waals surface area contributed by atoms with Gasteiger partial charge in [-0.15, -0.1) is 5.10 Å². The van der Waals surface area contributed by atoms with E-state index in [-0.39, 0.29) is 29.1 Å². The van der Waals surface area contributed by atoms with Gasteiger partial charge in [-0.05, 0) is 74.1 Å². The fraction of sp³-hybridized carbons (Fsp3) is 0.478. The maximum Gasteiger partial charge on any atom is 0.242 e. The summed E-state index contributed by atoms with van der Waals surface area (Å²) in [6, 6.07) is 6.33. The van der Waals surface area contributed by atoms with Gasteiger partial charge in [-0.25, -0.2) is 14.1 Å². The number of carbonyl (C=O) groups excluding carboxylic acids is 1. The number of hydrogen-bond acceptors (Lipinski definition) is 4. The zero-order valence-electron chi connectivity index (χ0n) is 17.8. The molecule has 4 saturated carbocycles. The van der Waals surface area contributed by atoms with Crippen LogP contribution >= 0.6 is 23.2 Å². The van der Waals surface area contributed by atoms with Gasteiger partial charge in [-0.3, -0.25) is 9.48 Å². The number of rotatable bonds is 5. The second-order valence-corrected chi connectivity index (χ2v) is 10.7. The van der Waals surface area contributed by atoms with Crippen LogP contribution in [0.4, 0.5) is 10.2 Å². The third-order valence-corrected chi connectivity index (χ3v) is 8.25. The van der Waals surface area contributed by atoms with E-state index < -0.39 is 5.41 Å². The molecule has 4 aliphatic carbocycles. The fourth-order valence-corrected chi connectivity index (χ4v) is 7.18. The number of nitrogens with zero attached hydrogens (tertiary/aromatic N) is 5. The Balaban J connectivity index is 1.22. The smallest absolute Gasteiger partial charge is 0.242 e. The summed E-state index contributed by atoms with van der Waals surface area (Å²) in [5.74, 6) is 1.06. The molecular weight excluding hydrogens is 466 g/mol. The Morgan fingerprint density at radius 1 is 1.15 bits per heavy atom. The van der Waals surface area contributed by atoms with E-state index in [1.54, 1.807) is 35.4 Å². The highest BCUT2D eigenvalue weighted by Crippen LogP contribution is 2.64. The lowest BCUT2D eigenvalue weighted by atomic mass is 9.46. The van der Waals surface area contributed by atoms with Gasteiger partial charge in [-0.2, -0.15) is 5.10 Å². The molecule has 0 saturated heterocycles. The molecule has 4 bridgehead atoms. The van der Waals surface area contributed by atoms with Crippen molar-refractivity contribution in [2.45, 2.75) is 50.6 Å². The first-order valence-electron chi connectivity index (χ1n) is 11.2. The summed E-state index contributed by atoms with van der Waals surface area (Å²) in [5.41, 5.74) is -0.293. The molecule has 33 heavy (non-hydrogen) atoms. The highest BCUT2D eigenvalue weighted by molar-refractivity contribution is 6.31. The molecule has 1 N–H and O–H groups in total. The number of anilines is 1. The molecule has 1 amide bonds. The third-order valence-electron chi connectivity index (χ3n) is 7.73. The number of benzene rings is 1. The second-order valence-electron chi connectivity index (χ2n) is 9.98. The summed E-state index contributed by atoms with van der Waals surface area (Å²) >= 11 is 12.2. The molecule has 172 valence electrons. The van der Waals surface area contributed by atoms with Crippen LogP contribution in [0.5, 0.6) is 0 Å². The minimum atomic E-state index is -0.457. The third kappa shape index (κ3) is 3.54. The summed E-state index contributed by atoms with van der Waals surface area (Å²) in [5, 5.41) is 12.5. The van der Waals surface area contributed by atoms with Crippen LogP contribution in [-0.4, -0.2) is 30.5 Å². The van der Waals surface area contributed by atoms with Crippen LogP contribution in [0.1, 0.15) is 44.1 Å². The zero-order chi connectivity index (χ0) is 22.8. The molecule has 1 aromatic carbocycles. The van der Waals surface area contributed by atoms with E-state index in [9.17, 15) is 9.18 Å². The van der Waals surface area contributed by atoms with Gasteiger partial charge in [0.25, 0.3) is 0 Å². The van der Waals surface area contributed by atoms with Gasteiger partial charge in [0.15, 0.2) is 5.82 Å². The maximum atomic E-state index is 14.1. The number of hydrogen-bond donors (Lipinski definition) is 1. The Bertz CT molecular complexity index is 1210. The van der Waals surface area contributed by atoms with E-state index in [2.05, 4.69) is 20.5 Å². The molecule has 2 aromatic heterocycles. The van der Waals surface area contributed by atoms with Gasteiger partial charge in [0.2, 0.25) is 11.2 Å². The zero-order valence-corrected chi connectivity index (χ0v) is 19.4. The quantitative estimate of drug-likeness (QED) is 0.553. The van der Waals surface area contributed by atoms with Gasteiger partial charge in [0, 0.05) is 22.8 Å². The topological polar surface area (TPSA) is 77.6 Å². The van der Waals surface area contributed by atoms with Crippen molar-refractivity contribution < 1.29 is 9.18 Å². The van der Waals surface area contributed by atoms with Crippen molar-refractivity contribution in [1.82, 2.24) is 24.5 Å². The first kappa shape index (κ1) is 21.1. The molecule has 2 unspecified atom stereocenters. The molecule has 2 atom stereocenters. The lowest BCUT2D eigenvalue weighted by molar-refractivity contribution is -0.150. The monoisotopic (exact) mass is 488 g/mol. The van der Waals surface area contributed by atoms with Crippen LogP contribution in [0.3, 0.4) is 0 Å². The van der Waals surface area contributed by atoms with E-state index in [4.69, 9.17) is 23.2 Å². The van der Waals surface area contributed by atoms with Crippen molar-refractivity contribution >= 4 is 34.9 Å². The largest absolute Gasteiger partial charge is 0.309 e. The number of carbonyl (C=O) groups is 1. The first-order chi connectivity index (χ1) is 15.8. The maximum absolute atomic E-state index is 14.1. The Labute approximate surface area is 200 Å². The average molecular weight is 489 g/mol. The van der Waals surface area contributed by atoms with Crippen LogP contribution in [0.2, 0.25) is 10.3 Å². The molecule has 0 aliphatic heterocycles. The van der Waals surface area contributed by atoms with Crippen molar-refractivity contribution in [2.75, 3.05) is 5.32 Å². The normalized spacial score (nSPS) is 30.0. The lowest BCUT2D eigenvalue weighted by Gasteiger charge is -2.60. The minimum Gasteiger partial charge on any atom is -0.309 e. The van der Waals surface area contributed by atoms with Crippen LogP contribution in [0.25, 0.3) is 0 Å². The molecule has 0 radical (unpaired) electrons. The van der Waals surface area contributed by atoms with E-state index in [0.717, 1.165) is 38.5 Å². The lowest BCUT2D eigenvalue weighted by Crippen LogP contribution is -2.60. The van der Waals surface area contributed by atoms with Gasteiger partial charge in [0.05, 0.1) is 17.5 Å². The first-order valence-corrected chi connectivity index (χ1v) is 12.0. The van der Waals surface area contributed by atoms with Gasteiger partial charge < -0.3 is 5.32 Å². The molecule has 4 fully saturated rings. The van der Waals surface area contributed by atoms with E-state index in [1.807, 2.05) is 4.68 Å². The summed E-state index contributed by atoms with van der Waals surface area (Å²) < 4.78 is 17.6. The number of aromatic nitrogens is 5. The highest BCUT2D eigenvalue weighted by Gasteiger charge is 2.61.